The van der Waals surface area contributed by atoms with Gasteiger partial charge in [0.05, 0.1) is 12.5 Å². The number of hydrogen-bond donors (Lipinski definition) is 3. The average Bonchev–Trinajstić information content (AvgIpc) is 3.02. The van der Waals surface area contributed by atoms with Crippen LogP contribution in [0.25, 0.3) is 0 Å². The number of phenols is 1. The summed E-state index contributed by atoms with van der Waals surface area (Å²) in [7, 11) is 0. The molecule has 9 nitrogen and oxygen atoms in total. The molecule has 184 valence electrons. The van der Waals surface area contributed by atoms with Crippen LogP contribution in [0, 0.1) is 0 Å². The number of nitrogens with one attached hydrogen (secondary N) is 1. The second kappa shape index (κ2) is 9.21. The molecule has 4 rings (SSSR count). The number of carbonyl (C=O) groups excluding carboxylic acids is 2. The van der Waals surface area contributed by atoms with Crippen LogP contribution in [-0.4, -0.2) is 87.8 Å². The maximum atomic E-state index is 13.6. The first-order valence-corrected chi connectivity index (χ1v) is 13.2. The number of thiocarbonyl (C=S) groups is 1. The number of β-lactam (4-membered cyclic amide) rings is 1. The molecule has 1 aromatic rings. The molecule has 0 saturated carbocycles. The van der Waals surface area contributed by atoms with E-state index in [4.69, 9.17) is 12.2 Å². The lowest BCUT2D eigenvalue weighted by atomic mass is 9.95. The van der Waals surface area contributed by atoms with E-state index in [0.717, 1.165) is 4.32 Å². The van der Waals surface area contributed by atoms with Gasteiger partial charge in [0, 0.05) is 10.8 Å². The van der Waals surface area contributed by atoms with Crippen LogP contribution in [-0.2, 0) is 14.4 Å². The summed E-state index contributed by atoms with van der Waals surface area (Å²) in [5.41, 5.74) is 0.680. The van der Waals surface area contributed by atoms with Gasteiger partial charge in [-0.2, -0.15) is 0 Å². The quantitative estimate of drug-likeness (QED) is 0.377. The number of phenolic OH excluding ortho intramolecular Hbond substituents is 1. The summed E-state index contributed by atoms with van der Waals surface area (Å²) in [6.45, 7) is 8.11. The first-order chi connectivity index (χ1) is 15.9. The van der Waals surface area contributed by atoms with Crippen LogP contribution in [0.3, 0.4) is 0 Å². The molecule has 1 aromatic carbocycles. The molecular weight excluding hydrogens is 496 g/mol. The van der Waals surface area contributed by atoms with Gasteiger partial charge in [-0.15, -0.1) is 11.8 Å². The zero-order chi connectivity index (χ0) is 24.9. The molecule has 34 heavy (non-hydrogen) atoms. The highest BCUT2D eigenvalue weighted by molar-refractivity contribution is 8.22. The lowest BCUT2D eigenvalue weighted by molar-refractivity contribution is -0.161. The Hall–Kier alpha value is -2.02. The Labute approximate surface area is 212 Å². The number of carbonyl (C=O) groups is 3. The molecule has 0 aliphatic carbocycles. The van der Waals surface area contributed by atoms with Gasteiger partial charge in [0.2, 0.25) is 11.8 Å². The molecule has 3 aliphatic heterocycles. The van der Waals surface area contributed by atoms with Crippen molar-refractivity contribution in [2.45, 2.75) is 62.0 Å². The van der Waals surface area contributed by atoms with E-state index in [1.165, 1.54) is 40.6 Å². The minimum Gasteiger partial charge on any atom is -0.508 e. The Kier molecular flexibility index (Phi) is 6.80. The molecule has 3 N–H and O–H groups in total. The van der Waals surface area contributed by atoms with Gasteiger partial charge in [-0.1, -0.05) is 36.1 Å². The minimum atomic E-state index is -1.05. The van der Waals surface area contributed by atoms with Gasteiger partial charge in [0.25, 0.3) is 0 Å². The summed E-state index contributed by atoms with van der Waals surface area (Å²) >= 11 is 8.35. The van der Waals surface area contributed by atoms with Crippen molar-refractivity contribution in [2.75, 3.05) is 12.5 Å². The van der Waals surface area contributed by atoms with Gasteiger partial charge in [0.1, 0.15) is 33.6 Å². The van der Waals surface area contributed by atoms with E-state index in [1.54, 1.807) is 26.0 Å². The number of benzene rings is 1. The van der Waals surface area contributed by atoms with Crippen LogP contribution in [0.2, 0.25) is 0 Å². The van der Waals surface area contributed by atoms with Crippen LogP contribution < -0.4 is 5.32 Å². The van der Waals surface area contributed by atoms with E-state index < -0.39 is 34.2 Å². The van der Waals surface area contributed by atoms with Gasteiger partial charge in [0.15, 0.2) is 0 Å². The van der Waals surface area contributed by atoms with E-state index in [-0.39, 0.29) is 23.6 Å². The van der Waals surface area contributed by atoms with Crippen LogP contribution in [0.15, 0.2) is 24.3 Å². The summed E-state index contributed by atoms with van der Waals surface area (Å²) in [5, 5.41) is 21.8. The highest BCUT2D eigenvalue weighted by Crippen LogP contribution is 2.51. The number of fused-ring (bicyclic) bond motifs is 1. The smallest absolute Gasteiger partial charge is 0.327 e. The van der Waals surface area contributed by atoms with E-state index in [2.05, 4.69) is 5.32 Å². The van der Waals surface area contributed by atoms with Crippen molar-refractivity contribution in [1.29, 1.82) is 0 Å². The standard InChI is InChI=1S/C22H28N4O5S3/c1-11(2)25-9-24(10-33-21(25)32)15(12-5-7-13(27)8-6-12)17(28)23-14-18(29)26-16(20(30)31)22(3,4)34-19(14)26/h5-8,11,14-16,19,27H,9-10H2,1-4H3,(H,23,28)(H,30,31)/t14-,15-,16?,19?/m1/s1. The number of hydrogen-bond acceptors (Lipinski definition) is 8. The second-order valence-corrected chi connectivity index (χ2v) is 12.8. The van der Waals surface area contributed by atoms with Gasteiger partial charge >= 0.3 is 5.97 Å². The number of aliphatic carboxylic acids is 1. The number of amides is 2. The van der Waals surface area contributed by atoms with E-state index >= 15 is 0 Å². The summed E-state index contributed by atoms with van der Waals surface area (Å²) < 4.78 is 0.101. The molecule has 2 unspecified atom stereocenters. The van der Waals surface area contributed by atoms with Crippen LogP contribution in [0.5, 0.6) is 5.75 Å². The van der Waals surface area contributed by atoms with E-state index in [0.29, 0.717) is 18.1 Å². The topological polar surface area (TPSA) is 113 Å². The predicted octanol–water partition coefficient (Wildman–Crippen LogP) is 2.02. The molecule has 12 heteroatoms. The fraction of sp³-hybridized carbons (Fsp3) is 0.545. The van der Waals surface area contributed by atoms with Crippen molar-refractivity contribution in [3.63, 3.8) is 0 Å². The van der Waals surface area contributed by atoms with Crippen molar-refractivity contribution in [3.05, 3.63) is 29.8 Å². The third-order valence-electron chi connectivity index (χ3n) is 6.34. The molecule has 0 aromatic heterocycles. The zero-order valence-corrected chi connectivity index (χ0v) is 21.7. The third-order valence-corrected chi connectivity index (χ3v) is 9.44. The van der Waals surface area contributed by atoms with Crippen molar-refractivity contribution >= 4 is 57.8 Å². The number of carboxylic acid groups (broad SMARTS) is 1. The van der Waals surface area contributed by atoms with Gasteiger partial charge in [-0.25, -0.2) is 4.79 Å². The van der Waals surface area contributed by atoms with Crippen molar-refractivity contribution < 1.29 is 24.6 Å². The van der Waals surface area contributed by atoms with E-state index in [9.17, 15) is 24.6 Å². The maximum Gasteiger partial charge on any atom is 0.327 e. The monoisotopic (exact) mass is 524 g/mol. The first-order valence-electron chi connectivity index (χ1n) is 10.9. The molecule has 4 atom stereocenters. The Morgan fingerprint density at radius 2 is 1.88 bits per heavy atom. The number of thioether (sulfide) groups is 2. The second-order valence-electron chi connectivity index (χ2n) is 9.41. The summed E-state index contributed by atoms with van der Waals surface area (Å²) in [4.78, 5) is 43.7. The molecule has 0 spiro atoms. The Bertz CT molecular complexity index is 1020. The fourth-order valence-corrected chi connectivity index (χ4v) is 7.60. The number of rotatable bonds is 6. The molecule has 3 saturated heterocycles. The minimum absolute atomic E-state index is 0.0926. The number of nitrogens with zero attached hydrogens (tertiary/aromatic N) is 3. The largest absolute Gasteiger partial charge is 0.508 e. The number of aromatic hydroxyl groups is 1. The third kappa shape index (κ3) is 4.36. The fourth-order valence-electron chi connectivity index (χ4n) is 4.61. The van der Waals surface area contributed by atoms with Crippen molar-refractivity contribution in [2.24, 2.45) is 0 Å². The molecule has 2 amide bonds. The predicted molar refractivity (Wildman–Crippen MR) is 135 cm³/mol. The van der Waals surface area contributed by atoms with Gasteiger partial charge < -0.3 is 25.3 Å². The van der Waals surface area contributed by atoms with Crippen LogP contribution in [0.4, 0.5) is 0 Å². The van der Waals surface area contributed by atoms with E-state index in [1.807, 2.05) is 23.6 Å². The highest BCUT2D eigenvalue weighted by Gasteiger charge is 2.64. The first kappa shape index (κ1) is 25.1. The Morgan fingerprint density at radius 1 is 1.24 bits per heavy atom. The lowest BCUT2D eigenvalue weighted by Crippen LogP contribution is -2.71. The molecule has 0 bridgehead atoms. The molecule has 0 radical (unpaired) electrons. The average molecular weight is 525 g/mol. The Morgan fingerprint density at radius 3 is 2.47 bits per heavy atom. The van der Waals surface area contributed by atoms with Crippen molar-refractivity contribution in [1.82, 2.24) is 20.0 Å². The van der Waals surface area contributed by atoms with Crippen molar-refractivity contribution in [3.8, 4) is 5.75 Å². The molecule has 3 fully saturated rings. The van der Waals surface area contributed by atoms with Crippen LogP contribution in [0.1, 0.15) is 39.3 Å². The Balaban J connectivity index is 1.57. The normalized spacial score (nSPS) is 27.4. The summed E-state index contributed by atoms with van der Waals surface area (Å²) in [6.07, 6.45) is 0. The highest BCUT2D eigenvalue weighted by atomic mass is 32.2. The molecular formula is C22H28N4O5S3. The summed E-state index contributed by atoms with van der Waals surface area (Å²) in [6, 6.07) is 4.16. The SMILES string of the molecule is CC(C)N1CN([C@@H](C(=O)N[C@@H]2C(=O)N3C2SC(C)(C)C3C(=O)O)c2ccc(O)cc2)CSC1=S. The zero-order valence-electron chi connectivity index (χ0n) is 19.3. The lowest BCUT2D eigenvalue weighted by Gasteiger charge is -2.45. The van der Waals surface area contributed by atoms with Gasteiger partial charge in [-0.05, 0) is 45.4 Å². The van der Waals surface area contributed by atoms with Crippen LogP contribution >= 0.6 is 35.7 Å². The summed E-state index contributed by atoms with van der Waals surface area (Å²) in [5.74, 6) is -1.19. The van der Waals surface area contributed by atoms with Gasteiger partial charge in [-0.3, -0.25) is 14.5 Å². The molecule has 3 aliphatic rings. The molecule has 3 heterocycles. The maximum absolute atomic E-state index is 13.6. The number of carboxylic acids is 1.